The second kappa shape index (κ2) is 6.59. The number of Topliss-reactive ketones (excluding diaryl/α,β-unsaturated/α-hetero) is 1. The van der Waals surface area contributed by atoms with Crippen LogP contribution in [0.2, 0.25) is 0 Å². The van der Waals surface area contributed by atoms with Gasteiger partial charge in [-0.15, -0.1) is 0 Å². The van der Waals surface area contributed by atoms with Gasteiger partial charge in [-0.1, -0.05) is 32.3 Å². The summed E-state index contributed by atoms with van der Waals surface area (Å²) in [5.41, 5.74) is 0.274. The number of carbonyl (C=O) groups excluding carboxylic acids is 1. The molecule has 0 radical (unpaired) electrons. The third-order valence-corrected chi connectivity index (χ3v) is 7.17. The van der Waals surface area contributed by atoms with Crippen LogP contribution in [0.1, 0.15) is 65.3 Å². The predicted octanol–water partition coefficient (Wildman–Crippen LogP) is 2.68. The molecule has 136 valence electrons. The van der Waals surface area contributed by atoms with E-state index in [1.165, 1.54) is 18.2 Å². The van der Waals surface area contributed by atoms with Crippen LogP contribution < -0.4 is 0 Å². The Kier molecular flexibility index (Phi) is 5.25. The normalized spacial score (nSPS) is 17.9. The van der Waals surface area contributed by atoms with E-state index in [0.717, 1.165) is 19.3 Å². The van der Waals surface area contributed by atoms with Crippen LogP contribution >= 0.6 is 0 Å². The molecule has 7 heteroatoms. The highest BCUT2D eigenvalue weighted by Gasteiger charge is 2.45. The lowest BCUT2D eigenvalue weighted by molar-refractivity contribution is -0.120. The molecule has 0 aliphatic carbocycles. The molecular weight excluding hydrogens is 328 g/mol. The van der Waals surface area contributed by atoms with E-state index >= 15 is 0 Å². The molecule has 0 aromatic carbocycles. The Balaban J connectivity index is 2.16. The van der Waals surface area contributed by atoms with Crippen LogP contribution in [0.15, 0.2) is 10.6 Å². The quantitative estimate of drug-likeness (QED) is 0.810. The number of nitrogens with zero attached hydrogens (tertiary/aromatic N) is 2. The van der Waals surface area contributed by atoms with Crippen molar-refractivity contribution < 1.29 is 17.7 Å². The summed E-state index contributed by atoms with van der Waals surface area (Å²) in [6.45, 7) is 9.94. The fourth-order valence-electron chi connectivity index (χ4n) is 2.70. The number of hydrogen-bond donors (Lipinski definition) is 0. The zero-order chi connectivity index (χ0) is 18.2. The molecule has 2 rings (SSSR count). The van der Waals surface area contributed by atoms with Gasteiger partial charge in [0.15, 0.2) is 5.78 Å². The molecule has 0 unspecified atom stereocenters. The minimum Gasteiger partial charge on any atom is -0.361 e. The van der Waals surface area contributed by atoms with Gasteiger partial charge in [0.1, 0.15) is 10.5 Å². The minimum atomic E-state index is -3.68. The van der Waals surface area contributed by atoms with Crippen LogP contribution in [0.25, 0.3) is 0 Å². The third-order valence-electron chi connectivity index (χ3n) is 4.61. The van der Waals surface area contributed by atoms with Crippen molar-refractivity contribution in [3.63, 3.8) is 0 Å². The first-order valence-electron chi connectivity index (χ1n) is 8.45. The summed E-state index contributed by atoms with van der Waals surface area (Å²) >= 11 is 0. The Morgan fingerprint density at radius 3 is 2.25 bits per heavy atom. The largest absolute Gasteiger partial charge is 0.361 e. The maximum absolute atomic E-state index is 12.9. The first-order valence-corrected chi connectivity index (χ1v) is 9.89. The maximum Gasteiger partial charge on any atom is 0.226 e. The lowest BCUT2D eigenvalue weighted by Gasteiger charge is -2.33. The molecule has 24 heavy (non-hydrogen) atoms. The highest BCUT2D eigenvalue weighted by atomic mass is 32.2. The van der Waals surface area contributed by atoms with E-state index in [4.69, 9.17) is 4.52 Å². The van der Waals surface area contributed by atoms with Gasteiger partial charge in [-0.2, -0.15) is 0 Å². The SMILES string of the molecule is CC(C)(C)c1cc(CC(=O)C(C)(C)S(=O)(=O)N2CCCCC2)no1. The molecule has 0 spiro atoms. The van der Waals surface area contributed by atoms with Gasteiger partial charge in [0, 0.05) is 24.6 Å². The molecule has 1 fully saturated rings. The number of carbonyl (C=O) groups is 1. The molecule has 2 heterocycles. The molecule has 6 nitrogen and oxygen atoms in total. The third kappa shape index (κ3) is 3.72. The predicted molar refractivity (Wildman–Crippen MR) is 92.3 cm³/mol. The molecule has 1 aromatic rings. The fraction of sp³-hybridized carbons (Fsp3) is 0.765. The number of aromatic nitrogens is 1. The molecule has 0 atom stereocenters. The van der Waals surface area contributed by atoms with Gasteiger partial charge in [-0.05, 0) is 26.7 Å². The van der Waals surface area contributed by atoms with Crippen LogP contribution in [0.4, 0.5) is 0 Å². The Morgan fingerprint density at radius 2 is 1.75 bits per heavy atom. The minimum absolute atomic E-state index is 0.0420. The Labute approximate surface area is 144 Å². The van der Waals surface area contributed by atoms with E-state index in [1.54, 1.807) is 6.07 Å². The molecular formula is C17H28N2O4S. The van der Waals surface area contributed by atoms with Crippen LogP contribution in [0, 0.1) is 0 Å². The molecule has 1 aromatic heterocycles. The average Bonchev–Trinajstić information content (AvgIpc) is 2.96. The summed E-state index contributed by atoms with van der Waals surface area (Å²) in [6.07, 6.45) is 2.69. The van der Waals surface area contributed by atoms with Crippen molar-refractivity contribution in [2.45, 2.75) is 70.5 Å². The van der Waals surface area contributed by atoms with Crippen molar-refractivity contribution in [2.24, 2.45) is 0 Å². The molecule has 0 amide bonds. The first-order chi connectivity index (χ1) is 11.0. The first kappa shape index (κ1) is 19.1. The second-order valence-corrected chi connectivity index (χ2v) is 10.5. The number of sulfonamides is 1. The second-order valence-electron chi connectivity index (χ2n) is 8.01. The van der Waals surface area contributed by atoms with Gasteiger partial charge < -0.3 is 4.52 Å². The number of ketones is 1. The summed E-state index contributed by atoms with van der Waals surface area (Å²) in [7, 11) is -3.68. The van der Waals surface area contributed by atoms with Crippen molar-refractivity contribution in [1.82, 2.24) is 9.46 Å². The van der Waals surface area contributed by atoms with Gasteiger partial charge in [0.05, 0.1) is 12.1 Å². The van der Waals surface area contributed by atoms with Crippen molar-refractivity contribution >= 4 is 15.8 Å². The van der Waals surface area contributed by atoms with Gasteiger partial charge in [-0.25, -0.2) is 12.7 Å². The highest BCUT2D eigenvalue weighted by Crippen LogP contribution is 2.28. The zero-order valence-electron chi connectivity index (χ0n) is 15.3. The highest BCUT2D eigenvalue weighted by molar-refractivity contribution is 7.91. The van der Waals surface area contributed by atoms with E-state index in [-0.39, 0.29) is 17.6 Å². The fourth-order valence-corrected chi connectivity index (χ4v) is 4.44. The van der Waals surface area contributed by atoms with Crippen LogP contribution in [0.3, 0.4) is 0 Å². The van der Waals surface area contributed by atoms with E-state index in [9.17, 15) is 13.2 Å². The Morgan fingerprint density at radius 1 is 1.17 bits per heavy atom. The Hall–Kier alpha value is -1.21. The summed E-state index contributed by atoms with van der Waals surface area (Å²) in [5, 5.41) is 3.93. The van der Waals surface area contributed by atoms with Crippen molar-refractivity contribution in [2.75, 3.05) is 13.1 Å². The topological polar surface area (TPSA) is 80.5 Å². The summed E-state index contributed by atoms with van der Waals surface area (Å²) in [6, 6.07) is 1.74. The van der Waals surface area contributed by atoms with E-state index in [2.05, 4.69) is 5.16 Å². The summed E-state index contributed by atoms with van der Waals surface area (Å²) < 4.78 is 31.0. The standard InChI is InChI=1S/C17H28N2O4S/c1-16(2,3)15-12-13(18-23-15)11-14(20)17(4,5)24(21,22)19-9-7-6-8-10-19/h12H,6-11H2,1-5H3. The molecule has 0 N–H and O–H groups in total. The van der Waals surface area contributed by atoms with Gasteiger partial charge in [0.25, 0.3) is 0 Å². The average molecular weight is 356 g/mol. The smallest absolute Gasteiger partial charge is 0.226 e. The van der Waals surface area contributed by atoms with Crippen LogP contribution in [-0.4, -0.2) is 41.5 Å². The zero-order valence-corrected chi connectivity index (χ0v) is 16.1. The summed E-state index contributed by atoms with van der Waals surface area (Å²) in [5.74, 6) is 0.323. The number of rotatable bonds is 5. The van der Waals surface area contributed by atoms with Gasteiger partial charge >= 0.3 is 0 Å². The number of hydrogen-bond acceptors (Lipinski definition) is 5. The van der Waals surface area contributed by atoms with E-state index in [1.807, 2.05) is 20.8 Å². The lowest BCUT2D eigenvalue weighted by atomic mass is 9.92. The van der Waals surface area contributed by atoms with Crippen molar-refractivity contribution in [3.05, 3.63) is 17.5 Å². The molecule has 1 saturated heterocycles. The molecule has 1 aliphatic rings. The lowest BCUT2D eigenvalue weighted by Crippen LogP contribution is -2.51. The van der Waals surface area contributed by atoms with Crippen LogP contribution in [-0.2, 0) is 26.7 Å². The van der Waals surface area contributed by atoms with Crippen molar-refractivity contribution in [1.29, 1.82) is 0 Å². The van der Waals surface area contributed by atoms with Crippen molar-refractivity contribution in [3.8, 4) is 0 Å². The Bertz CT molecular complexity index is 692. The molecule has 1 aliphatic heterocycles. The summed E-state index contributed by atoms with van der Waals surface area (Å²) in [4.78, 5) is 12.7. The van der Waals surface area contributed by atoms with E-state index < -0.39 is 14.8 Å². The monoisotopic (exact) mass is 356 g/mol. The van der Waals surface area contributed by atoms with Gasteiger partial charge in [0.2, 0.25) is 10.0 Å². The molecule has 0 saturated carbocycles. The van der Waals surface area contributed by atoms with E-state index in [0.29, 0.717) is 24.5 Å². The van der Waals surface area contributed by atoms with Gasteiger partial charge in [-0.3, -0.25) is 4.79 Å². The maximum atomic E-state index is 12.9. The number of piperidine rings is 1. The van der Waals surface area contributed by atoms with Crippen LogP contribution in [0.5, 0.6) is 0 Å². The molecule has 0 bridgehead atoms.